The molecule has 0 spiro atoms. The first-order valence-corrected chi connectivity index (χ1v) is 6.93. The zero-order valence-corrected chi connectivity index (χ0v) is 12.2. The fourth-order valence-corrected chi connectivity index (χ4v) is 2.79. The number of fused-ring (bicyclic) bond motifs is 1. The van der Waals surface area contributed by atoms with Crippen LogP contribution in [0.5, 0.6) is 0 Å². The quantitative estimate of drug-likeness (QED) is 0.712. The third kappa shape index (κ3) is 2.42. The van der Waals surface area contributed by atoms with Crippen LogP contribution in [0.15, 0.2) is 46.9 Å². The first-order valence-electron chi connectivity index (χ1n) is 6.18. The molecular weight excluding hydrogens is 295 g/mol. The monoisotopic (exact) mass is 306 g/mol. The van der Waals surface area contributed by atoms with E-state index in [4.69, 9.17) is 27.6 Å². The van der Waals surface area contributed by atoms with Crippen LogP contribution < -0.4 is 0 Å². The van der Waals surface area contributed by atoms with Crippen molar-refractivity contribution in [3.63, 3.8) is 0 Å². The Balaban J connectivity index is 2.07. The topological polar surface area (TPSA) is 33.4 Å². The Hall–Kier alpha value is -1.48. The molecule has 4 heteroatoms. The van der Waals surface area contributed by atoms with E-state index in [-0.39, 0.29) is 0 Å². The van der Waals surface area contributed by atoms with Crippen molar-refractivity contribution in [1.82, 2.24) is 0 Å². The molecule has 2 nitrogen and oxygen atoms in total. The van der Waals surface area contributed by atoms with Gasteiger partial charge in [0.15, 0.2) is 5.58 Å². The Kier molecular flexibility index (Phi) is 3.47. The number of furan rings is 1. The first kappa shape index (κ1) is 13.5. The van der Waals surface area contributed by atoms with E-state index in [0.29, 0.717) is 27.0 Å². The van der Waals surface area contributed by atoms with E-state index < -0.39 is 6.10 Å². The minimum Gasteiger partial charge on any atom is -0.456 e. The van der Waals surface area contributed by atoms with Gasteiger partial charge in [-0.2, -0.15) is 0 Å². The zero-order chi connectivity index (χ0) is 14.3. The van der Waals surface area contributed by atoms with Crippen molar-refractivity contribution >= 4 is 34.2 Å². The standard InChI is InChI=1S/C16H12Cl2O2/c1-9-5-11(7-12(17)6-9)15(19)14-8-10-3-2-4-13(18)16(10)20-14/h2-8,15,19H,1H3. The van der Waals surface area contributed by atoms with Crippen molar-refractivity contribution in [3.8, 4) is 0 Å². The lowest BCUT2D eigenvalue weighted by atomic mass is 10.0. The van der Waals surface area contributed by atoms with Crippen LogP contribution in [0.2, 0.25) is 10.0 Å². The number of para-hydroxylation sites is 1. The van der Waals surface area contributed by atoms with E-state index in [0.717, 1.165) is 10.9 Å². The summed E-state index contributed by atoms with van der Waals surface area (Å²) >= 11 is 12.1. The molecule has 0 fully saturated rings. The fourth-order valence-electron chi connectivity index (χ4n) is 2.27. The van der Waals surface area contributed by atoms with Gasteiger partial charge in [0.25, 0.3) is 0 Å². The highest BCUT2D eigenvalue weighted by molar-refractivity contribution is 6.34. The molecule has 2 aromatic carbocycles. The molecule has 1 atom stereocenters. The number of rotatable bonds is 2. The molecule has 3 rings (SSSR count). The molecule has 0 saturated heterocycles. The second-order valence-electron chi connectivity index (χ2n) is 4.77. The van der Waals surface area contributed by atoms with Crippen molar-refractivity contribution in [1.29, 1.82) is 0 Å². The van der Waals surface area contributed by atoms with E-state index >= 15 is 0 Å². The molecule has 102 valence electrons. The zero-order valence-electron chi connectivity index (χ0n) is 10.7. The summed E-state index contributed by atoms with van der Waals surface area (Å²) < 4.78 is 5.67. The van der Waals surface area contributed by atoms with Crippen LogP contribution in [0.1, 0.15) is 23.0 Å². The first-order chi connectivity index (χ1) is 9.54. The van der Waals surface area contributed by atoms with Gasteiger partial charge in [0.05, 0.1) is 5.02 Å². The lowest BCUT2D eigenvalue weighted by Gasteiger charge is -2.09. The highest BCUT2D eigenvalue weighted by atomic mass is 35.5. The summed E-state index contributed by atoms with van der Waals surface area (Å²) in [5, 5.41) is 12.4. The summed E-state index contributed by atoms with van der Waals surface area (Å²) in [7, 11) is 0. The maximum absolute atomic E-state index is 10.4. The SMILES string of the molecule is Cc1cc(Cl)cc(C(O)c2cc3cccc(Cl)c3o2)c1. The van der Waals surface area contributed by atoms with Crippen LogP contribution in [0.3, 0.4) is 0 Å². The molecule has 0 radical (unpaired) electrons. The summed E-state index contributed by atoms with van der Waals surface area (Å²) in [4.78, 5) is 0. The van der Waals surface area contributed by atoms with Crippen molar-refractivity contribution in [2.24, 2.45) is 0 Å². The number of halogens is 2. The number of hydrogen-bond donors (Lipinski definition) is 1. The summed E-state index contributed by atoms with van der Waals surface area (Å²) in [6.07, 6.45) is -0.865. The predicted octanol–water partition coefficient (Wildman–Crippen LogP) is 5.13. The lowest BCUT2D eigenvalue weighted by molar-refractivity contribution is 0.192. The van der Waals surface area contributed by atoms with Gasteiger partial charge in [-0.1, -0.05) is 41.4 Å². The van der Waals surface area contributed by atoms with Gasteiger partial charge in [-0.3, -0.25) is 0 Å². The highest BCUT2D eigenvalue weighted by Crippen LogP contribution is 2.32. The minimum atomic E-state index is -0.865. The minimum absolute atomic E-state index is 0.453. The van der Waals surface area contributed by atoms with Gasteiger partial charge in [0.2, 0.25) is 0 Å². The largest absolute Gasteiger partial charge is 0.456 e. The Morgan fingerprint density at radius 1 is 1.10 bits per heavy atom. The van der Waals surface area contributed by atoms with Gasteiger partial charge in [0.1, 0.15) is 11.9 Å². The molecule has 0 aliphatic heterocycles. The van der Waals surface area contributed by atoms with E-state index in [1.807, 2.05) is 31.2 Å². The molecule has 1 unspecified atom stereocenters. The van der Waals surface area contributed by atoms with Gasteiger partial charge in [0, 0.05) is 10.4 Å². The van der Waals surface area contributed by atoms with Crippen LogP contribution in [-0.4, -0.2) is 5.11 Å². The number of benzene rings is 2. The maximum Gasteiger partial charge on any atom is 0.153 e. The Morgan fingerprint density at radius 3 is 2.60 bits per heavy atom. The van der Waals surface area contributed by atoms with Crippen LogP contribution in [0.25, 0.3) is 11.0 Å². The molecule has 0 bridgehead atoms. The molecule has 20 heavy (non-hydrogen) atoms. The molecule has 0 aliphatic carbocycles. The molecule has 0 saturated carbocycles. The second-order valence-corrected chi connectivity index (χ2v) is 5.62. The van der Waals surface area contributed by atoms with Gasteiger partial charge < -0.3 is 9.52 Å². The van der Waals surface area contributed by atoms with Crippen molar-refractivity contribution in [2.45, 2.75) is 13.0 Å². The molecule has 1 heterocycles. The van der Waals surface area contributed by atoms with Crippen LogP contribution in [-0.2, 0) is 0 Å². The van der Waals surface area contributed by atoms with E-state index in [1.54, 1.807) is 18.2 Å². The Labute approximate surface area is 126 Å². The van der Waals surface area contributed by atoms with Crippen LogP contribution in [0.4, 0.5) is 0 Å². The third-order valence-electron chi connectivity index (χ3n) is 3.16. The van der Waals surface area contributed by atoms with Crippen molar-refractivity contribution in [2.75, 3.05) is 0 Å². The lowest BCUT2D eigenvalue weighted by Crippen LogP contribution is -1.98. The highest BCUT2D eigenvalue weighted by Gasteiger charge is 2.17. The van der Waals surface area contributed by atoms with E-state index in [9.17, 15) is 5.11 Å². The fraction of sp³-hybridized carbons (Fsp3) is 0.125. The summed E-state index contributed by atoms with van der Waals surface area (Å²) in [6, 6.07) is 12.7. The average Bonchev–Trinajstić information content (AvgIpc) is 2.82. The molecule has 0 amide bonds. The molecular formula is C16H12Cl2O2. The van der Waals surface area contributed by atoms with E-state index in [1.165, 1.54) is 0 Å². The van der Waals surface area contributed by atoms with Crippen molar-refractivity contribution < 1.29 is 9.52 Å². The summed E-state index contributed by atoms with van der Waals surface area (Å²) in [5.41, 5.74) is 2.27. The average molecular weight is 307 g/mol. The second kappa shape index (κ2) is 5.13. The van der Waals surface area contributed by atoms with Crippen LogP contribution >= 0.6 is 23.2 Å². The van der Waals surface area contributed by atoms with Gasteiger partial charge >= 0.3 is 0 Å². The smallest absolute Gasteiger partial charge is 0.153 e. The Bertz CT molecular complexity index is 757. The normalized spacial score (nSPS) is 12.8. The Morgan fingerprint density at radius 2 is 1.90 bits per heavy atom. The van der Waals surface area contributed by atoms with Gasteiger partial charge in [-0.05, 0) is 42.3 Å². The molecule has 1 N–H and O–H groups in total. The number of aryl methyl sites for hydroxylation is 1. The van der Waals surface area contributed by atoms with Gasteiger partial charge in [-0.25, -0.2) is 0 Å². The number of aliphatic hydroxyl groups is 1. The molecule has 0 aliphatic rings. The van der Waals surface area contributed by atoms with Gasteiger partial charge in [-0.15, -0.1) is 0 Å². The molecule has 3 aromatic rings. The maximum atomic E-state index is 10.4. The van der Waals surface area contributed by atoms with Crippen molar-refractivity contribution in [3.05, 3.63) is 69.4 Å². The predicted molar refractivity (Wildman–Crippen MR) is 81.5 cm³/mol. The summed E-state index contributed by atoms with van der Waals surface area (Å²) in [5.74, 6) is 0.453. The third-order valence-corrected chi connectivity index (χ3v) is 3.68. The summed E-state index contributed by atoms with van der Waals surface area (Å²) in [6.45, 7) is 1.93. The van der Waals surface area contributed by atoms with Crippen LogP contribution in [0, 0.1) is 6.92 Å². The number of hydrogen-bond acceptors (Lipinski definition) is 2. The molecule has 1 aromatic heterocycles. The number of aliphatic hydroxyl groups excluding tert-OH is 1. The van der Waals surface area contributed by atoms with E-state index in [2.05, 4.69) is 0 Å².